The summed E-state index contributed by atoms with van der Waals surface area (Å²) in [4.78, 5) is 0. The van der Waals surface area contributed by atoms with Gasteiger partial charge in [0.05, 0.1) is 7.11 Å². The molecule has 0 radical (unpaired) electrons. The van der Waals surface area contributed by atoms with Crippen molar-refractivity contribution in [2.45, 2.75) is 13.0 Å². The van der Waals surface area contributed by atoms with Crippen LogP contribution in [0.2, 0.25) is 0 Å². The highest BCUT2D eigenvalue weighted by Gasteiger charge is 2.19. The Balaban J connectivity index is 2.07. The highest BCUT2D eigenvalue weighted by atomic mass is 79.9. The lowest BCUT2D eigenvalue weighted by molar-refractivity contribution is 0.191. The molecular weight excluding hydrogens is 332 g/mol. The molecule has 108 valence electrons. The monoisotopic (exact) mass is 346 g/mol. The van der Waals surface area contributed by atoms with Gasteiger partial charge in [0.2, 0.25) is 0 Å². The van der Waals surface area contributed by atoms with E-state index >= 15 is 0 Å². The second-order valence-corrected chi connectivity index (χ2v) is 5.79. The molecule has 0 aliphatic heterocycles. The summed E-state index contributed by atoms with van der Waals surface area (Å²) in [6.45, 7) is 1.99. The number of aliphatic hydroxyl groups excluding tert-OH is 1. The van der Waals surface area contributed by atoms with Crippen molar-refractivity contribution in [2.75, 3.05) is 7.11 Å². The Labute approximate surface area is 131 Å². The van der Waals surface area contributed by atoms with E-state index in [0.29, 0.717) is 17.1 Å². The third-order valence-electron chi connectivity index (χ3n) is 3.53. The van der Waals surface area contributed by atoms with E-state index in [2.05, 4.69) is 15.9 Å². The average molecular weight is 347 g/mol. The van der Waals surface area contributed by atoms with Crippen LogP contribution in [0.25, 0.3) is 11.0 Å². The lowest BCUT2D eigenvalue weighted by atomic mass is 10.1. The minimum Gasteiger partial charge on any atom is -0.497 e. The molecule has 1 N–H and O–H groups in total. The third kappa shape index (κ3) is 2.57. The molecule has 0 saturated heterocycles. The Hall–Kier alpha value is -1.78. The van der Waals surface area contributed by atoms with Crippen molar-refractivity contribution in [1.82, 2.24) is 0 Å². The molecule has 0 fully saturated rings. The van der Waals surface area contributed by atoms with Crippen LogP contribution in [0.4, 0.5) is 0 Å². The number of para-hydroxylation sites is 1. The van der Waals surface area contributed by atoms with Gasteiger partial charge in [0.15, 0.2) is 0 Å². The molecule has 0 spiro atoms. The summed E-state index contributed by atoms with van der Waals surface area (Å²) >= 11 is 3.46. The van der Waals surface area contributed by atoms with Crippen molar-refractivity contribution < 1.29 is 14.3 Å². The quantitative estimate of drug-likeness (QED) is 0.753. The van der Waals surface area contributed by atoms with Gasteiger partial charge in [0.1, 0.15) is 23.2 Å². The van der Waals surface area contributed by atoms with Gasteiger partial charge < -0.3 is 14.3 Å². The van der Waals surface area contributed by atoms with Crippen molar-refractivity contribution in [2.24, 2.45) is 0 Å². The van der Waals surface area contributed by atoms with Crippen LogP contribution in [-0.2, 0) is 0 Å². The number of hydrogen-bond acceptors (Lipinski definition) is 3. The first kappa shape index (κ1) is 14.2. The first-order valence-corrected chi connectivity index (χ1v) is 7.40. The van der Waals surface area contributed by atoms with E-state index in [4.69, 9.17) is 9.15 Å². The number of methoxy groups -OCH3 is 1. The Morgan fingerprint density at radius 2 is 2.00 bits per heavy atom. The van der Waals surface area contributed by atoms with E-state index in [1.807, 2.05) is 43.3 Å². The lowest BCUT2D eigenvalue weighted by Crippen LogP contribution is -1.99. The molecule has 1 aromatic heterocycles. The maximum Gasteiger partial charge on any atom is 0.138 e. The maximum absolute atomic E-state index is 10.6. The van der Waals surface area contributed by atoms with Crippen LogP contribution in [-0.4, -0.2) is 12.2 Å². The second kappa shape index (κ2) is 5.54. The predicted molar refractivity (Wildman–Crippen MR) is 85.7 cm³/mol. The van der Waals surface area contributed by atoms with Crippen LogP contribution >= 0.6 is 15.9 Å². The predicted octanol–water partition coefficient (Wildman–Crippen LogP) is 4.59. The largest absolute Gasteiger partial charge is 0.497 e. The summed E-state index contributed by atoms with van der Waals surface area (Å²) in [5.41, 5.74) is 2.58. The molecule has 21 heavy (non-hydrogen) atoms. The summed E-state index contributed by atoms with van der Waals surface area (Å²) in [5.74, 6) is 1.22. The minimum absolute atomic E-state index is 0.522. The van der Waals surface area contributed by atoms with Crippen LogP contribution in [0.1, 0.15) is 23.0 Å². The van der Waals surface area contributed by atoms with Crippen LogP contribution in [0.5, 0.6) is 5.75 Å². The molecule has 0 amide bonds. The number of fused-ring (bicyclic) bond motifs is 1. The van der Waals surface area contributed by atoms with Gasteiger partial charge in [-0.3, -0.25) is 0 Å². The van der Waals surface area contributed by atoms with E-state index in [9.17, 15) is 5.11 Å². The summed E-state index contributed by atoms with van der Waals surface area (Å²) in [7, 11) is 1.60. The molecular formula is C17H15BrO3. The number of rotatable bonds is 3. The number of benzene rings is 2. The van der Waals surface area contributed by atoms with Crippen molar-refractivity contribution in [1.29, 1.82) is 0 Å². The van der Waals surface area contributed by atoms with Crippen molar-refractivity contribution in [3.63, 3.8) is 0 Å². The molecule has 0 aliphatic rings. The van der Waals surface area contributed by atoms with Crippen molar-refractivity contribution >= 4 is 26.9 Å². The van der Waals surface area contributed by atoms with Gasteiger partial charge in [-0.1, -0.05) is 34.1 Å². The first-order chi connectivity index (χ1) is 10.1. The second-order valence-electron chi connectivity index (χ2n) is 4.93. The first-order valence-electron chi connectivity index (χ1n) is 6.60. The Bertz CT molecular complexity index is 792. The molecule has 3 nitrogen and oxygen atoms in total. The number of ether oxygens (including phenoxy) is 1. The van der Waals surface area contributed by atoms with Gasteiger partial charge in [0.25, 0.3) is 0 Å². The zero-order valence-corrected chi connectivity index (χ0v) is 13.3. The summed E-state index contributed by atoms with van der Waals surface area (Å²) in [5, 5.41) is 11.6. The highest BCUT2D eigenvalue weighted by Crippen LogP contribution is 2.34. The lowest BCUT2D eigenvalue weighted by Gasteiger charge is -2.12. The van der Waals surface area contributed by atoms with Crippen LogP contribution in [0.3, 0.4) is 0 Å². The Morgan fingerprint density at radius 1 is 1.19 bits per heavy atom. The number of furan rings is 1. The number of hydrogen-bond donors (Lipinski definition) is 1. The fourth-order valence-corrected chi connectivity index (χ4v) is 2.84. The smallest absolute Gasteiger partial charge is 0.138 e. The zero-order valence-electron chi connectivity index (χ0n) is 11.8. The van der Waals surface area contributed by atoms with E-state index in [1.165, 1.54) is 0 Å². The molecule has 3 rings (SSSR count). The molecule has 0 aliphatic carbocycles. The molecule has 2 aromatic carbocycles. The van der Waals surface area contributed by atoms with Crippen molar-refractivity contribution in [3.8, 4) is 5.75 Å². The number of aryl methyl sites for hydroxylation is 1. The molecule has 4 heteroatoms. The maximum atomic E-state index is 10.6. The summed E-state index contributed by atoms with van der Waals surface area (Å²) in [6.07, 6.45) is -0.846. The van der Waals surface area contributed by atoms with Gasteiger partial charge in [-0.15, -0.1) is 0 Å². The fourth-order valence-electron chi connectivity index (χ4n) is 2.38. The zero-order chi connectivity index (χ0) is 15.0. The van der Waals surface area contributed by atoms with Gasteiger partial charge >= 0.3 is 0 Å². The molecule has 1 unspecified atom stereocenters. The van der Waals surface area contributed by atoms with E-state index < -0.39 is 6.10 Å². The van der Waals surface area contributed by atoms with E-state index in [1.54, 1.807) is 13.2 Å². The molecule has 0 bridgehead atoms. The summed E-state index contributed by atoms with van der Waals surface area (Å²) in [6, 6.07) is 13.3. The van der Waals surface area contributed by atoms with Crippen LogP contribution in [0.15, 0.2) is 51.4 Å². The minimum atomic E-state index is -0.846. The standard InChI is InChI=1S/C17H15BrO3/c1-10-4-3-5-11-8-15(21-17(10)11)16(19)13-9-12(20-2)6-7-14(13)18/h3-9,16,19H,1-2H3. The highest BCUT2D eigenvalue weighted by molar-refractivity contribution is 9.10. The van der Waals surface area contributed by atoms with Gasteiger partial charge in [-0.25, -0.2) is 0 Å². The SMILES string of the molecule is COc1ccc(Br)c(C(O)c2cc3cccc(C)c3o2)c1. The Kier molecular flexibility index (Phi) is 3.74. The molecule has 1 atom stereocenters. The Morgan fingerprint density at radius 3 is 2.71 bits per heavy atom. The van der Waals surface area contributed by atoms with Gasteiger partial charge in [0, 0.05) is 15.4 Å². The molecule has 3 aromatic rings. The van der Waals surface area contributed by atoms with Crippen molar-refractivity contribution in [3.05, 3.63) is 63.8 Å². The van der Waals surface area contributed by atoms with E-state index in [0.717, 1.165) is 21.0 Å². The van der Waals surface area contributed by atoms with Crippen LogP contribution < -0.4 is 4.74 Å². The molecule has 0 saturated carbocycles. The number of aliphatic hydroxyl groups is 1. The normalized spacial score (nSPS) is 12.6. The van der Waals surface area contributed by atoms with Gasteiger partial charge in [-0.05, 0) is 36.8 Å². The topological polar surface area (TPSA) is 42.6 Å². The van der Waals surface area contributed by atoms with E-state index in [-0.39, 0.29) is 0 Å². The fraction of sp³-hybridized carbons (Fsp3) is 0.176. The third-order valence-corrected chi connectivity index (χ3v) is 4.25. The van der Waals surface area contributed by atoms with Gasteiger partial charge in [-0.2, -0.15) is 0 Å². The van der Waals surface area contributed by atoms with Crippen LogP contribution in [0, 0.1) is 6.92 Å². The average Bonchev–Trinajstić information content (AvgIpc) is 2.93. The summed E-state index contributed by atoms with van der Waals surface area (Å²) < 4.78 is 11.9. The molecule has 1 heterocycles. The number of halogens is 1.